The Morgan fingerprint density at radius 3 is 2.64 bits per heavy atom. The van der Waals surface area contributed by atoms with Gasteiger partial charge in [-0.15, -0.1) is 0 Å². The molecule has 0 radical (unpaired) electrons. The van der Waals surface area contributed by atoms with Gasteiger partial charge < -0.3 is 9.69 Å². The first-order valence-corrected chi connectivity index (χ1v) is 5.54. The first-order valence-electron chi connectivity index (χ1n) is 4.75. The Bertz CT molecular complexity index is 323. The standard InChI is InChI=1S/C11H12BrNO/c12-10-1-3-11(4-2-10)13-6-5-9(7-13)8-14/h1-4,8-9H,5-7H2. The summed E-state index contributed by atoms with van der Waals surface area (Å²) < 4.78 is 1.09. The molecule has 1 aromatic rings. The number of hydrogen-bond donors (Lipinski definition) is 0. The smallest absolute Gasteiger partial charge is 0.124 e. The molecule has 1 aliphatic rings. The molecule has 1 aliphatic heterocycles. The molecule has 2 nitrogen and oxygen atoms in total. The topological polar surface area (TPSA) is 20.3 Å². The molecule has 1 atom stereocenters. The van der Waals surface area contributed by atoms with Gasteiger partial charge in [0.05, 0.1) is 0 Å². The zero-order valence-electron chi connectivity index (χ0n) is 7.82. The summed E-state index contributed by atoms with van der Waals surface area (Å²) in [4.78, 5) is 12.9. The van der Waals surface area contributed by atoms with Crippen LogP contribution in [0, 0.1) is 5.92 Å². The number of hydrogen-bond acceptors (Lipinski definition) is 2. The Balaban J connectivity index is 2.09. The van der Waals surface area contributed by atoms with E-state index in [4.69, 9.17) is 0 Å². The minimum atomic E-state index is 0.221. The van der Waals surface area contributed by atoms with Crippen LogP contribution in [0.2, 0.25) is 0 Å². The summed E-state index contributed by atoms with van der Waals surface area (Å²) in [6, 6.07) is 8.22. The molecular weight excluding hydrogens is 242 g/mol. The number of carbonyl (C=O) groups is 1. The van der Waals surface area contributed by atoms with E-state index < -0.39 is 0 Å². The summed E-state index contributed by atoms with van der Waals surface area (Å²) in [5.74, 6) is 0.221. The van der Waals surface area contributed by atoms with Crippen molar-refractivity contribution in [1.29, 1.82) is 0 Å². The van der Waals surface area contributed by atoms with Crippen molar-refractivity contribution in [2.45, 2.75) is 6.42 Å². The molecule has 14 heavy (non-hydrogen) atoms. The Labute approximate surface area is 92.0 Å². The van der Waals surface area contributed by atoms with Gasteiger partial charge in [0.15, 0.2) is 0 Å². The maximum Gasteiger partial charge on any atom is 0.124 e. The average molecular weight is 254 g/mol. The van der Waals surface area contributed by atoms with Crippen LogP contribution in [0.3, 0.4) is 0 Å². The number of carbonyl (C=O) groups excluding carboxylic acids is 1. The fourth-order valence-electron chi connectivity index (χ4n) is 1.78. The zero-order chi connectivity index (χ0) is 9.97. The number of aldehydes is 1. The van der Waals surface area contributed by atoms with Crippen LogP contribution in [0.15, 0.2) is 28.7 Å². The van der Waals surface area contributed by atoms with Crippen LogP contribution in [0.1, 0.15) is 6.42 Å². The number of halogens is 1. The summed E-state index contributed by atoms with van der Waals surface area (Å²) in [6.07, 6.45) is 2.05. The Morgan fingerprint density at radius 2 is 2.07 bits per heavy atom. The predicted molar refractivity (Wildman–Crippen MR) is 60.5 cm³/mol. The second-order valence-corrected chi connectivity index (χ2v) is 4.52. The molecule has 3 heteroatoms. The number of nitrogens with zero attached hydrogens (tertiary/aromatic N) is 1. The lowest BCUT2D eigenvalue weighted by atomic mass is 10.1. The summed E-state index contributed by atoms with van der Waals surface area (Å²) in [6.45, 7) is 1.86. The van der Waals surface area contributed by atoms with E-state index in [0.29, 0.717) is 0 Å². The van der Waals surface area contributed by atoms with Crippen molar-refractivity contribution < 1.29 is 4.79 Å². The Morgan fingerprint density at radius 1 is 1.36 bits per heavy atom. The molecule has 0 saturated carbocycles. The third-order valence-electron chi connectivity index (χ3n) is 2.61. The Hall–Kier alpha value is -0.830. The third-order valence-corrected chi connectivity index (χ3v) is 3.14. The quantitative estimate of drug-likeness (QED) is 0.755. The van der Waals surface area contributed by atoms with Crippen LogP contribution in [-0.4, -0.2) is 19.4 Å². The minimum absolute atomic E-state index is 0.221. The van der Waals surface area contributed by atoms with Gasteiger partial charge in [-0.1, -0.05) is 15.9 Å². The van der Waals surface area contributed by atoms with E-state index in [1.54, 1.807) is 0 Å². The van der Waals surface area contributed by atoms with Crippen LogP contribution in [0.5, 0.6) is 0 Å². The van der Waals surface area contributed by atoms with Crippen molar-refractivity contribution in [3.8, 4) is 0 Å². The van der Waals surface area contributed by atoms with Crippen molar-refractivity contribution in [1.82, 2.24) is 0 Å². The molecule has 1 aromatic carbocycles. The summed E-state index contributed by atoms with van der Waals surface area (Å²) >= 11 is 3.40. The molecule has 0 aromatic heterocycles. The summed E-state index contributed by atoms with van der Waals surface area (Å²) in [7, 11) is 0. The van der Waals surface area contributed by atoms with E-state index in [2.05, 4.69) is 33.0 Å². The SMILES string of the molecule is O=CC1CCN(c2ccc(Br)cc2)C1. The van der Waals surface area contributed by atoms with E-state index in [0.717, 1.165) is 30.3 Å². The van der Waals surface area contributed by atoms with Gasteiger partial charge in [-0.3, -0.25) is 0 Å². The van der Waals surface area contributed by atoms with Gasteiger partial charge in [-0.25, -0.2) is 0 Å². The second-order valence-electron chi connectivity index (χ2n) is 3.61. The third kappa shape index (κ3) is 1.98. The summed E-state index contributed by atoms with van der Waals surface area (Å²) in [5.41, 5.74) is 1.21. The second kappa shape index (κ2) is 4.13. The Kier molecular flexibility index (Phi) is 2.87. The van der Waals surface area contributed by atoms with Gasteiger partial charge in [0.2, 0.25) is 0 Å². The van der Waals surface area contributed by atoms with E-state index in [1.165, 1.54) is 5.69 Å². The van der Waals surface area contributed by atoms with Crippen molar-refractivity contribution in [3.63, 3.8) is 0 Å². The van der Waals surface area contributed by atoms with Gasteiger partial charge in [-0.05, 0) is 30.7 Å². The molecular formula is C11H12BrNO. The van der Waals surface area contributed by atoms with Gasteiger partial charge in [0.1, 0.15) is 6.29 Å². The maximum absolute atomic E-state index is 10.6. The molecule has 1 heterocycles. The highest BCUT2D eigenvalue weighted by Gasteiger charge is 2.21. The van der Waals surface area contributed by atoms with Gasteiger partial charge >= 0.3 is 0 Å². The van der Waals surface area contributed by atoms with Crippen LogP contribution in [0.4, 0.5) is 5.69 Å². The number of rotatable bonds is 2. The molecule has 0 amide bonds. The number of anilines is 1. The molecule has 0 aliphatic carbocycles. The van der Waals surface area contributed by atoms with Gasteiger partial charge in [-0.2, -0.15) is 0 Å². The first-order chi connectivity index (χ1) is 6.79. The highest BCUT2D eigenvalue weighted by molar-refractivity contribution is 9.10. The van der Waals surface area contributed by atoms with E-state index in [1.807, 2.05) is 12.1 Å². The lowest BCUT2D eigenvalue weighted by molar-refractivity contribution is -0.110. The van der Waals surface area contributed by atoms with E-state index >= 15 is 0 Å². The highest BCUT2D eigenvalue weighted by Crippen LogP contribution is 2.24. The molecule has 2 rings (SSSR count). The van der Waals surface area contributed by atoms with Crippen molar-refractivity contribution in [2.75, 3.05) is 18.0 Å². The van der Waals surface area contributed by atoms with Gasteiger partial charge in [0, 0.05) is 29.2 Å². The predicted octanol–water partition coefficient (Wildman–Crippen LogP) is 2.47. The van der Waals surface area contributed by atoms with Crippen molar-refractivity contribution >= 4 is 27.9 Å². The van der Waals surface area contributed by atoms with Crippen LogP contribution < -0.4 is 4.90 Å². The van der Waals surface area contributed by atoms with Crippen LogP contribution in [-0.2, 0) is 4.79 Å². The fraction of sp³-hybridized carbons (Fsp3) is 0.364. The number of benzene rings is 1. The molecule has 0 N–H and O–H groups in total. The fourth-order valence-corrected chi connectivity index (χ4v) is 2.05. The monoisotopic (exact) mass is 253 g/mol. The molecule has 74 valence electrons. The van der Waals surface area contributed by atoms with Crippen molar-refractivity contribution in [2.24, 2.45) is 5.92 Å². The van der Waals surface area contributed by atoms with Crippen molar-refractivity contribution in [3.05, 3.63) is 28.7 Å². The largest absolute Gasteiger partial charge is 0.371 e. The minimum Gasteiger partial charge on any atom is -0.371 e. The molecule has 0 spiro atoms. The maximum atomic E-state index is 10.6. The van der Waals surface area contributed by atoms with E-state index in [9.17, 15) is 4.79 Å². The molecule has 0 bridgehead atoms. The van der Waals surface area contributed by atoms with Crippen LogP contribution in [0.25, 0.3) is 0 Å². The molecule has 1 fully saturated rings. The van der Waals surface area contributed by atoms with Gasteiger partial charge in [0.25, 0.3) is 0 Å². The average Bonchev–Trinajstić information content (AvgIpc) is 2.67. The molecule has 1 unspecified atom stereocenters. The summed E-state index contributed by atoms with van der Waals surface area (Å²) in [5, 5.41) is 0. The first kappa shape index (κ1) is 9.71. The van der Waals surface area contributed by atoms with E-state index in [-0.39, 0.29) is 5.92 Å². The lowest BCUT2D eigenvalue weighted by Gasteiger charge is -2.17. The lowest BCUT2D eigenvalue weighted by Crippen LogP contribution is -2.19. The zero-order valence-corrected chi connectivity index (χ0v) is 9.40. The molecule has 1 saturated heterocycles. The highest BCUT2D eigenvalue weighted by atomic mass is 79.9. The normalized spacial score (nSPS) is 21.2. The van der Waals surface area contributed by atoms with Crippen LogP contribution >= 0.6 is 15.9 Å².